The van der Waals surface area contributed by atoms with Crippen molar-refractivity contribution in [2.24, 2.45) is 0 Å². The van der Waals surface area contributed by atoms with Gasteiger partial charge in [0.25, 0.3) is 11.8 Å². The molecule has 0 aliphatic carbocycles. The standard InChI is InChI=1S/C24H22N4O7/c25-11-1-13-27-21(29)15-33-23(31)17-3-7-19(8-4-17)35-20-9-5-18(6-10-20)24(32)34-16-22(30)28-14-2-12-26/h3-10H,1-2,13-16H2,(H,27,29)(H,28,30). The molecule has 0 bridgehead atoms. The summed E-state index contributed by atoms with van der Waals surface area (Å²) in [5.74, 6) is -1.54. The number of ether oxygens (including phenoxy) is 3. The molecule has 11 nitrogen and oxygen atoms in total. The number of nitrogens with one attached hydrogen (secondary N) is 2. The number of benzene rings is 2. The lowest BCUT2D eigenvalue weighted by molar-refractivity contribution is -0.124. The molecular formula is C24H22N4O7. The topological polar surface area (TPSA) is 168 Å². The predicted octanol–water partition coefficient (Wildman–Crippen LogP) is 1.85. The number of amides is 2. The van der Waals surface area contributed by atoms with Gasteiger partial charge in [-0.1, -0.05) is 0 Å². The smallest absolute Gasteiger partial charge is 0.338 e. The van der Waals surface area contributed by atoms with Gasteiger partial charge in [0.1, 0.15) is 11.5 Å². The lowest BCUT2D eigenvalue weighted by Crippen LogP contribution is -2.29. The average Bonchev–Trinajstić information content (AvgIpc) is 2.87. The molecule has 0 unspecified atom stereocenters. The Morgan fingerprint density at radius 3 is 1.37 bits per heavy atom. The Morgan fingerprint density at radius 1 is 0.657 bits per heavy atom. The van der Waals surface area contributed by atoms with Crippen LogP contribution in [0.15, 0.2) is 48.5 Å². The Hall–Kier alpha value is -4.90. The minimum absolute atomic E-state index is 0.164. The third-order valence-electron chi connectivity index (χ3n) is 4.20. The maximum atomic E-state index is 12.0. The Morgan fingerprint density at radius 2 is 1.03 bits per heavy atom. The number of carbonyl (C=O) groups is 4. The number of rotatable bonds is 12. The van der Waals surface area contributed by atoms with Crippen molar-refractivity contribution in [3.8, 4) is 23.6 Å². The van der Waals surface area contributed by atoms with Gasteiger partial charge in [0.2, 0.25) is 0 Å². The highest BCUT2D eigenvalue weighted by atomic mass is 16.5. The van der Waals surface area contributed by atoms with Crippen molar-refractivity contribution in [3.63, 3.8) is 0 Å². The molecular weight excluding hydrogens is 456 g/mol. The van der Waals surface area contributed by atoms with Crippen molar-refractivity contribution in [3.05, 3.63) is 59.7 Å². The first-order valence-corrected chi connectivity index (χ1v) is 10.4. The van der Waals surface area contributed by atoms with E-state index in [1.54, 1.807) is 0 Å². The van der Waals surface area contributed by atoms with Gasteiger partial charge in [0.05, 0.1) is 36.1 Å². The van der Waals surface area contributed by atoms with Crippen LogP contribution < -0.4 is 15.4 Å². The van der Waals surface area contributed by atoms with Crippen LogP contribution in [0.5, 0.6) is 11.5 Å². The van der Waals surface area contributed by atoms with E-state index in [1.807, 2.05) is 12.1 Å². The third kappa shape index (κ3) is 9.63. The van der Waals surface area contributed by atoms with Crippen LogP contribution in [0.3, 0.4) is 0 Å². The van der Waals surface area contributed by atoms with Crippen LogP contribution in [0.4, 0.5) is 0 Å². The van der Waals surface area contributed by atoms with E-state index in [1.165, 1.54) is 48.5 Å². The van der Waals surface area contributed by atoms with Gasteiger partial charge in [-0.3, -0.25) is 9.59 Å². The zero-order valence-corrected chi connectivity index (χ0v) is 18.6. The van der Waals surface area contributed by atoms with Crippen LogP contribution in [-0.2, 0) is 19.1 Å². The van der Waals surface area contributed by atoms with E-state index in [9.17, 15) is 19.2 Å². The van der Waals surface area contributed by atoms with Gasteiger partial charge in [0.15, 0.2) is 13.2 Å². The maximum absolute atomic E-state index is 12.0. The molecule has 2 aromatic rings. The summed E-state index contributed by atoms with van der Waals surface area (Å²) in [6.07, 6.45) is 0.329. The van der Waals surface area contributed by atoms with E-state index in [4.69, 9.17) is 24.7 Å². The molecule has 0 radical (unpaired) electrons. The van der Waals surface area contributed by atoms with Gasteiger partial charge < -0.3 is 24.8 Å². The Balaban J connectivity index is 1.80. The van der Waals surface area contributed by atoms with Gasteiger partial charge in [-0.15, -0.1) is 0 Å². The van der Waals surface area contributed by atoms with E-state index in [2.05, 4.69) is 10.6 Å². The van der Waals surface area contributed by atoms with Crippen molar-refractivity contribution in [1.82, 2.24) is 10.6 Å². The molecule has 2 aromatic carbocycles. The molecule has 2 amide bonds. The minimum Gasteiger partial charge on any atom is -0.457 e. The van der Waals surface area contributed by atoms with E-state index in [0.717, 1.165) is 0 Å². The molecule has 180 valence electrons. The Kier molecular flexibility index (Phi) is 10.8. The number of nitrogens with zero attached hydrogens (tertiary/aromatic N) is 2. The molecule has 0 saturated carbocycles. The predicted molar refractivity (Wildman–Crippen MR) is 120 cm³/mol. The van der Waals surface area contributed by atoms with Crippen molar-refractivity contribution in [2.75, 3.05) is 26.3 Å². The van der Waals surface area contributed by atoms with Crippen LogP contribution in [0.1, 0.15) is 33.6 Å². The second-order valence-corrected chi connectivity index (χ2v) is 6.82. The number of carbonyl (C=O) groups excluding carboxylic acids is 4. The van der Waals surface area contributed by atoms with Crippen LogP contribution in [0, 0.1) is 22.7 Å². The highest BCUT2D eigenvalue weighted by molar-refractivity contribution is 5.92. The summed E-state index contributed by atoms with van der Waals surface area (Å²) in [6, 6.07) is 15.8. The fourth-order valence-electron chi connectivity index (χ4n) is 2.50. The summed E-state index contributed by atoms with van der Waals surface area (Å²) in [6.45, 7) is -0.544. The second-order valence-electron chi connectivity index (χ2n) is 6.82. The van der Waals surface area contributed by atoms with Crippen molar-refractivity contribution in [2.45, 2.75) is 12.8 Å². The molecule has 0 spiro atoms. The first kappa shape index (κ1) is 26.4. The van der Waals surface area contributed by atoms with Crippen molar-refractivity contribution in [1.29, 1.82) is 10.5 Å². The summed E-state index contributed by atoms with van der Waals surface area (Å²) in [5.41, 5.74) is 0.439. The molecule has 0 heterocycles. The molecule has 2 N–H and O–H groups in total. The van der Waals surface area contributed by atoms with E-state index >= 15 is 0 Å². The average molecular weight is 478 g/mol. The zero-order valence-electron chi connectivity index (χ0n) is 18.6. The maximum Gasteiger partial charge on any atom is 0.338 e. The zero-order chi connectivity index (χ0) is 25.5. The molecule has 0 aliphatic heterocycles. The summed E-state index contributed by atoms with van der Waals surface area (Å²) >= 11 is 0. The van der Waals surface area contributed by atoms with Gasteiger partial charge >= 0.3 is 11.9 Å². The Labute approximate surface area is 201 Å². The first-order chi connectivity index (χ1) is 16.9. The molecule has 0 aliphatic rings. The molecule has 0 fully saturated rings. The molecule has 11 heteroatoms. The summed E-state index contributed by atoms with van der Waals surface area (Å²) < 4.78 is 15.5. The highest BCUT2D eigenvalue weighted by Crippen LogP contribution is 2.22. The minimum atomic E-state index is -0.686. The van der Waals surface area contributed by atoms with E-state index in [-0.39, 0.29) is 37.1 Å². The van der Waals surface area contributed by atoms with Gasteiger partial charge in [-0.2, -0.15) is 10.5 Å². The number of esters is 2. The largest absolute Gasteiger partial charge is 0.457 e. The lowest BCUT2D eigenvalue weighted by atomic mass is 10.2. The second kappa shape index (κ2) is 14.3. The lowest BCUT2D eigenvalue weighted by Gasteiger charge is -2.09. The van der Waals surface area contributed by atoms with Gasteiger partial charge in [0, 0.05) is 13.1 Å². The summed E-state index contributed by atoms with van der Waals surface area (Å²) in [7, 11) is 0. The van der Waals surface area contributed by atoms with Crippen molar-refractivity contribution >= 4 is 23.8 Å². The Bertz CT molecular complexity index is 1030. The molecule has 35 heavy (non-hydrogen) atoms. The molecule has 0 atom stereocenters. The SMILES string of the molecule is N#CCCNC(=O)COC(=O)c1ccc(Oc2ccc(C(=O)OCC(=O)NCCC#N)cc2)cc1. The first-order valence-electron chi connectivity index (χ1n) is 10.4. The highest BCUT2D eigenvalue weighted by Gasteiger charge is 2.12. The molecule has 2 rings (SSSR count). The normalized spacial score (nSPS) is 9.66. The molecule has 0 saturated heterocycles. The van der Waals surface area contributed by atoms with Gasteiger partial charge in [-0.25, -0.2) is 9.59 Å². The van der Waals surface area contributed by atoms with E-state index < -0.39 is 37.0 Å². The van der Waals surface area contributed by atoms with Gasteiger partial charge in [-0.05, 0) is 48.5 Å². The monoisotopic (exact) mass is 478 g/mol. The van der Waals surface area contributed by atoms with Crippen LogP contribution in [0.2, 0.25) is 0 Å². The number of hydrogen-bond acceptors (Lipinski definition) is 9. The van der Waals surface area contributed by atoms with Crippen LogP contribution in [-0.4, -0.2) is 50.1 Å². The summed E-state index contributed by atoms with van der Waals surface area (Å²) in [4.78, 5) is 47.1. The summed E-state index contributed by atoms with van der Waals surface area (Å²) in [5, 5.41) is 21.7. The van der Waals surface area contributed by atoms with E-state index in [0.29, 0.717) is 11.5 Å². The third-order valence-corrected chi connectivity index (χ3v) is 4.20. The fraction of sp³-hybridized carbons (Fsp3) is 0.250. The number of nitriles is 2. The van der Waals surface area contributed by atoms with Crippen molar-refractivity contribution < 1.29 is 33.4 Å². The van der Waals surface area contributed by atoms with Crippen LogP contribution in [0.25, 0.3) is 0 Å². The molecule has 0 aromatic heterocycles. The quantitative estimate of drug-likeness (QED) is 0.342. The van der Waals surface area contributed by atoms with Crippen LogP contribution >= 0.6 is 0 Å². The fourth-order valence-corrected chi connectivity index (χ4v) is 2.50. The number of hydrogen-bond donors (Lipinski definition) is 2.